The summed E-state index contributed by atoms with van der Waals surface area (Å²) in [4.78, 5) is 78.7. The number of β-lactam (4-membered cyclic amide) rings is 1. The van der Waals surface area contributed by atoms with Crippen LogP contribution in [0.2, 0.25) is 0 Å². The number of amides is 3. The number of oxime groups is 1. The minimum atomic E-state index is -1.33. The van der Waals surface area contributed by atoms with E-state index in [-0.39, 0.29) is 59.1 Å². The number of hydrogen-bond acceptors (Lipinski definition) is 13. The molecule has 1 unspecified atom stereocenters. The second-order valence-corrected chi connectivity index (χ2v) is 14.4. The number of anilines is 1. The number of nitrogens with two attached hydrogens (primary N) is 1. The summed E-state index contributed by atoms with van der Waals surface area (Å²) in [6.45, 7) is 5.36. The summed E-state index contributed by atoms with van der Waals surface area (Å²) in [7, 11) is 0. The number of hydrogen-bond donors (Lipinski definition) is 4. The number of likely N-dealkylation sites (tertiary alicyclic amines) is 1. The summed E-state index contributed by atoms with van der Waals surface area (Å²) in [5.41, 5.74) is 6.30. The minimum absolute atomic E-state index is 0.0332. The first kappa shape index (κ1) is 34.6. The van der Waals surface area contributed by atoms with Crippen LogP contribution in [-0.2, 0) is 33.5 Å². The van der Waals surface area contributed by atoms with Crippen LogP contribution in [0.15, 0.2) is 46.1 Å². The highest BCUT2D eigenvalue weighted by atomic mass is 32.2. The first-order valence-corrected chi connectivity index (χ1v) is 18.3. The lowest BCUT2D eigenvalue weighted by atomic mass is 9.89. The van der Waals surface area contributed by atoms with Gasteiger partial charge in [0.25, 0.3) is 17.7 Å². The van der Waals surface area contributed by atoms with Crippen LogP contribution in [0.25, 0.3) is 0 Å². The number of nitrogens with zero attached hydrogens (tertiary/aromatic N) is 4. The maximum absolute atomic E-state index is 13.7. The molecule has 6 rings (SSSR count). The van der Waals surface area contributed by atoms with Crippen LogP contribution in [0.3, 0.4) is 0 Å². The molecule has 0 spiro atoms. The number of nitrogen functional groups attached to an aromatic ring is 1. The molecular weight excluding hydrogens is 675 g/mol. The van der Waals surface area contributed by atoms with Crippen LogP contribution in [0, 0.1) is 5.92 Å². The highest BCUT2D eigenvalue weighted by Gasteiger charge is 2.54. The molecule has 5 aliphatic rings. The number of fused-ring (bicyclic) bond motifs is 1. The van der Waals surface area contributed by atoms with Gasteiger partial charge in [0.05, 0.1) is 0 Å². The van der Waals surface area contributed by atoms with Crippen molar-refractivity contribution in [1.29, 1.82) is 0 Å². The van der Waals surface area contributed by atoms with Crippen LogP contribution in [0.4, 0.5) is 5.13 Å². The van der Waals surface area contributed by atoms with Crippen LogP contribution < -0.4 is 16.4 Å². The fourth-order valence-electron chi connectivity index (χ4n) is 6.89. The number of allylic oxidation sites excluding steroid dienone is 1. The van der Waals surface area contributed by atoms with Gasteiger partial charge in [-0.15, -0.1) is 23.1 Å². The molecule has 1 saturated carbocycles. The zero-order valence-corrected chi connectivity index (χ0v) is 28.4. The van der Waals surface area contributed by atoms with E-state index >= 15 is 0 Å². The van der Waals surface area contributed by atoms with Gasteiger partial charge in [-0.25, -0.2) is 14.6 Å². The fraction of sp³-hybridized carbons (Fsp3) is 0.531. The number of carbonyl (C=O) groups excluding carboxylic acids is 4. The van der Waals surface area contributed by atoms with Gasteiger partial charge in [0.15, 0.2) is 10.8 Å². The Hall–Kier alpha value is -4.22. The maximum atomic E-state index is 13.7. The smallest absolute Gasteiger partial charge is 0.352 e. The molecule has 1 aliphatic carbocycles. The molecule has 4 aliphatic heterocycles. The third kappa shape index (κ3) is 7.23. The van der Waals surface area contributed by atoms with Crippen LogP contribution in [-0.4, -0.2) is 111 Å². The van der Waals surface area contributed by atoms with Crippen molar-refractivity contribution < 1.29 is 38.7 Å². The van der Waals surface area contributed by atoms with E-state index in [4.69, 9.17) is 15.3 Å². The number of aliphatic carboxylic acids is 1. The van der Waals surface area contributed by atoms with E-state index < -0.39 is 41.2 Å². The molecule has 3 amide bonds. The molecule has 0 bridgehead atoms. The Morgan fingerprint density at radius 1 is 1.22 bits per heavy atom. The monoisotopic (exact) mass is 713 g/mol. The number of nitrogens with one attached hydrogen (secondary N) is 2. The molecule has 262 valence electrons. The second-order valence-electron chi connectivity index (χ2n) is 12.4. The number of carboxylic acid groups (broad SMARTS) is 1. The zero-order chi connectivity index (χ0) is 34.7. The van der Waals surface area contributed by atoms with Crippen molar-refractivity contribution in [3.8, 4) is 0 Å². The van der Waals surface area contributed by atoms with Crippen molar-refractivity contribution in [2.24, 2.45) is 11.1 Å². The average Bonchev–Trinajstić information content (AvgIpc) is 3.86. The summed E-state index contributed by atoms with van der Waals surface area (Å²) < 4.78 is 5.38. The van der Waals surface area contributed by atoms with E-state index in [1.54, 1.807) is 5.38 Å². The first-order valence-electron chi connectivity index (χ1n) is 16.3. The molecule has 17 heteroatoms. The lowest BCUT2D eigenvalue weighted by Gasteiger charge is -2.49. The van der Waals surface area contributed by atoms with Gasteiger partial charge in [-0.2, -0.15) is 0 Å². The predicted octanol–water partition coefficient (Wildman–Crippen LogP) is 1.38. The Labute approximate surface area is 291 Å². The minimum Gasteiger partial charge on any atom is -0.477 e. The quantitative estimate of drug-likeness (QED) is 0.0606. The topological polar surface area (TPSA) is 206 Å². The Bertz CT molecular complexity index is 1610. The van der Waals surface area contributed by atoms with Gasteiger partial charge in [0.2, 0.25) is 0 Å². The molecule has 4 fully saturated rings. The van der Waals surface area contributed by atoms with Gasteiger partial charge >= 0.3 is 11.9 Å². The standard InChI is InChI=1S/C32H39N7O8S2/c1-2-13-46-31(45)25(17-7-10-34-11-8-17)38-12-9-18(27(38)41)14-19-15-48-29-23(28(42)39(29)24(19)30(43)44)36-26(40)22(21-16-49-32(33)35-21)37-47-20-5-3-4-6-20/h2,14,16-17,20,23,25,29,34H,1,3-13,15H2,(H2,33,35)(H,36,40)(H,43,44)/b18-14?,37-22-/t23-,25?,29-/m1/s1. The molecule has 0 radical (unpaired) electrons. The molecule has 5 N–H and O–H groups in total. The highest BCUT2D eigenvalue weighted by molar-refractivity contribution is 8.00. The normalized spacial score (nSPS) is 24.9. The van der Waals surface area contributed by atoms with Crippen molar-refractivity contribution in [1.82, 2.24) is 25.4 Å². The van der Waals surface area contributed by atoms with Crippen LogP contribution >= 0.6 is 23.1 Å². The number of aromatic nitrogens is 1. The maximum Gasteiger partial charge on any atom is 0.352 e. The van der Waals surface area contributed by atoms with E-state index in [0.717, 1.165) is 55.0 Å². The van der Waals surface area contributed by atoms with E-state index in [2.05, 4.69) is 27.4 Å². The Kier molecular flexibility index (Phi) is 10.7. The predicted molar refractivity (Wildman–Crippen MR) is 181 cm³/mol. The zero-order valence-electron chi connectivity index (χ0n) is 26.8. The van der Waals surface area contributed by atoms with Gasteiger partial charge < -0.3 is 35.9 Å². The number of piperidine rings is 1. The number of esters is 1. The Morgan fingerprint density at radius 2 is 1.98 bits per heavy atom. The molecule has 0 aromatic carbocycles. The van der Waals surface area contributed by atoms with Crippen molar-refractivity contribution in [3.63, 3.8) is 0 Å². The van der Waals surface area contributed by atoms with E-state index in [1.165, 1.54) is 28.8 Å². The number of carboxylic acids is 1. The summed E-state index contributed by atoms with van der Waals surface area (Å²) in [6, 6.07) is -1.79. The van der Waals surface area contributed by atoms with E-state index in [9.17, 15) is 29.1 Å². The highest BCUT2D eigenvalue weighted by Crippen LogP contribution is 2.41. The lowest BCUT2D eigenvalue weighted by molar-refractivity contribution is -0.155. The lowest BCUT2D eigenvalue weighted by Crippen LogP contribution is -2.71. The fourth-order valence-corrected chi connectivity index (χ4v) is 8.74. The van der Waals surface area contributed by atoms with Crippen LogP contribution in [0.5, 0.6) is 0 Å². The largest absolute Gasteiger partial charge is 0.477 e. The number of ether oxygens (including phenoxy) is 1. The van der Waals surface area contributed by atoms with E-state index in [0.29, 0.717) is 30.4 Å². The van der Waals surface area contributed by atoms with Gasteiger partial charge in [0, 0.05) is 23.3 Å². The van der Waals surface area contributed by atoms with Gasteiger partial charge in [0.1, 0.15) is 41.6 Å². The SMILES string of the molecule is C=CCOC(=O)C(C1CCNCC1)N1CCC(=CC2=C(C(=O)O)N3C(=O)[C@@H](NC(=O)/C(=N\OC4CCCC4)c4csc(N)n4)[C@H]3SC2)C1=O. The van der Waals surface area contributed by atoms with Crippen molar-refractivity contribution in [3.05, 3.63) is 46.6 Å². The Balaban J connectivity index is 1.18. The number of rotatable bonds is 12. The summed E-state index contributed by atoms with van der Waals surface area (Å²) >= 11 is 2.41. The summed E-state index contributed by atoms with van der Waals surface area (Å²) in [6.07, 6.45) is 8.25. The molecule has 15 nitrogen and oxygen atoms in total. The van der Waals surface area contributed by atoms with E-state index in [1.807, 2.05) is 0 Å². The molecule has 5 heterocycles. The summed E-state index contributed by atoms with van der Waals surface area (Å²) in [5.74, 6) is -3.39. The molecule has 1 aromatic rings. The van der Waals surface area contributed by atoms with Crippen LogP contribution in [0.1, 0.15) is 50.6 Å². The molecule has 49 heavy (non-hydrogen) atoms. The van der Waals surface area contributed by atoms with Crippen molar-refractivity contribution >= 4 is 63.6 Å². The Morgan fingerprint density at radius 3 is 2.65 bits per heavy atom. The molecular formula is C32H39N7O8S2. The van der Waals surface area contributed by atoms with Crippen molar-refractivity contribution in [2.75, 3.05) is 37.7 Å². The van der Waals surface area contributed by atoms with Gasteiger partial charge in [-0.05, 0) is 75.6 Å². The molecule has 3 atom stereocenters. The second kappa shape index (κ2) is 15.1. The third-order valence-electron chi connectivity index (χ3n) is 9.32. The number of thiazole rings is 1. The van der Waals surface area contributed by atoms with Crippen molar-refractivity contribution in [2.45, 2.75) is 68.5 Å². The first-order chi connectivity index (χ1) is 23.7. The molecule has 3 saturated heterocycles. The summed E-state index contributed by atoms with van der Waals surface area (Å²) in [5, 5.41) is 21.4. The number of carbonyl (C=O) groups is 5. The average molecular weight is 714 g/mol. The number of thioether (sulfide) groups is 1. The van der Waals surface area contributed by atoms with Gasteiger partial charge in [-0.3, -0.25) is 19.3 Å². The third-order valence-corrected chi connectivity index (χ3v) is 11.3. The molecule has 1 aromatic heterocycles. The van der Waals surface area contributed by atoms with Gasteiger partial charge in [-0.1, -0.05) is 17.8 Å².